The lowest BCUT2D eigenvalue weighted by atomic mass is 9.83. The van der Waals surface area contributed by atoms with Gasteiger partial charge in [0, 0.05) is 16.5 Å². The summed E-state index contributed by atoms with van der Waals surface area (Å²) in [6.45, 7) is 8.37. The van der Waals surface area contributed by atoms with Crippen molar-refractivity contribution >= 4 is 65.7 Å². The standard InChI is InChI=1S/C52H36O2/c1-4-35(50-40-23-13-15-25-42(40)52(47-29-27-32(3)53-47)43-26-16-14-24-41(43)50)51-44-31-34(28-30-46(44)54-45(51)5-2)49-38-21-11-9-19-36(38)48(33-17-7-6-8-18-33)37-20-10-12-22-39(37)49/h4-31H,2H2,1,3H3/b35-4-. The van der Waals surface area contributed by atoms with E-state index in [1.807, 2.05) is 19.1 Å². The van der Waals surface area contributed by atoms with E-state index in [9.17, 15) is 0 Å². The van der Waals surface area contributed by atoms with E-state index in [0.29, 0.717) is 0 Å². The van der Waals surface area contributed by atoms with Crippen LogP contribution < -0.4 is 0 Å². The molecule has 0 aliphatic carbocycles. The van der Waals surface area contributed by atoms with Crippen molar-refractivity contribution < 1.29 is 8.83 Å². The fourth-order valence-corrected chi connectivity index (χ4v) is 8.72. The Hall–Kier alpha value is -6.90. The van der Waals surface area contributed by atoms with E-state index in [1.165, 1.54) is 38.2 Å². The molecule has 0 unspecified atom stereocenters. The van der Waals surface area contributed by atoms with Crippen LogP contribution >= 0.6 is 0 Å². The van der Waals surface area contributed by atoms with Crippen LogP contribution in [-0.4, -0.2) is 0 Å². The molecule has 0 saturated heterocycles. The van der Waals surface area contributed by atoms with Crippen LogP contribution in [0.4, 0.5) is 0 Å². The van der Waals surface area contributed by atoms with Gasteiger partial charge in [-0.25, -0.2) is 0 Å². The zero-order valence-electron chi connectivity index (χ0n) is 30.2. The molecule has 10 rings (SSSR count). The molecular weight excluding hydrogens is 657 g/mol. The van der Waals surface area contributed by atoms with Crippen molar-refractivity contribution in [3.8, 4) is 33.6 Å². The van der Waals surface area contributed by atoms with Crippen LogP contribution in [0.15, 0.2) is 179 Å². The Morgan fingerprint density at radius 2 is 0.963 bits per heavy atom. The van der Waals surface area contributed by atoms with E-state index in [-0.39, 0.29) is 0 Å². The highest BCUT2D eigenvalue weighted by atomic mass is 16.3. The molecule has 256 valence electrons. The van der Waals surface area contributed by atoms with Crippen LogP contribution in [0.5, 0.6) is 0 Å². The maximum atomic E-state index is 6.64. The summed E-state index contributed by atoms with van der Waals surface area (Å²) in [7, 11) is 0. The summed E-state index contributed by atoms with van der Waals surface area (Å²) in [5.74, 6) is 2.52. The average molecular weight is 693 g/mol. The summed E-state index contributed by atoms with van der Waals surface area (Å²) in [4.78, 5) is 0. The van der Waals surface area contributed by atoms with Gasteiger partial charge in [-0.05, 0) is 121 Å². The van der Waals surface area contributed by atoms with Gasteiger partial charge in [0.05, 0.1) is 0 Å². The molecule has 54 heavy (non-hydrogen) atoms. The summed E-state index contributed by atoms with van der Waals surface area (Å²) in [5, 5.41) is 10.5. The monoisotopic (exact) mass is 692 g/mol. The van der Waals surface area contributed by atoms with Gasteiger partial charge in [0.2, 0.25) is 0 Å². The Labute approximate surface area is 313 Å². The fourth-order valence-electron chi connectivity index (χ4n) is 8.72. The highest BCUT2D eigenvalue weighted by Gasteiger charge is 2.25. The third-order valence-electron chi connectivity index (χ3n) is 10.9. The second kappa shape index (κ2) is 12.6. The van der Waals surface area contributed by atoms with Gasteiger partial charge in [0.1, 0.15) is 22.9 Å². The molecule has 0 N–H and O–H groups in total. The molecule has 0 fully saturated rings. The Kier molecular flexibility index (Phi) is 7.45. The van der Waals surface area contributed by atoms with Crippen LogP contribution in [0.25, 0.3) is 99.3 Å². The maximum Gasteiger partial charge on any atom is 0.135 e. The molecule has 0 aliphatic rings. The molecule has 10 aromatic rings. The molecule has 0 radical (unpaired) electrons. The second-order valence-electron chi connectivity index (χ2n) is 13.9. The molecule has 0 bridgehead atoms. The van der Waals surface area contributed by atoms with Crippen LogP contribution in [0, 0.1) is 6.92 Å². The van der Waals surface area contributed by atoms with Gasteiger partial charge in [-0.3, -0.25) is 0 Å². The lowest BCUT2D eigenvalue weighted by Crippen LogP contribution is -1.96. The third-order valence-corrected chi connectivity index (χ3v) is 10.9. The Balaban J connectivity index is 1.27. The van der Waals surface area contributed by atoms with Crippen LogP contribution in [0.1, 0.15) is 29.6 Å². The van der Waals surface area contributed by atoms with Gasteiger partial charge < -0.3 is 8.83 Å². The van der Waals surface area contributed by atoms with Crippen molar-refractivity contribution in [2.75, 3.05) is 0 Å². The third kappa shape index (κ3) is 4.81. The van der Waals surface area contributed by atoms with Crippen LogP contribution in [0.2, 0.25) is 0 Å². The number of aryl methyl sites for hydroxylation is 1. The number of allylic oxidation sites excluding steroid dienone is 1. The number of furan rings is 2. The quantitative estimate of drug-likeness (QED) is 0.162. The topological polar surface area (TPSA) is 26.3 Å². The molecule has 2 heterocycles. The fraction of sp³-hybridized carbons (Fsp3) is 0.0385. The normalized spacial score (nSPS) is 12.1. The minimum Gasteiger partial charge on any atom is -0.461 e. The highest BCUT2D eigenvalue weighted by Crippen LogP contribution is 2.48. The minimum absolute atomic E-state index is 0.753. The highest BCUT2D eigenvalue weighted by molar-refractivity contribution is 6.23. The number of fused-ring (bicyclic) bond motifs is 5. The first-order valence-corrected chi connectivity index (χ1v) is 18.5. The van der Waals surface area contributed by atoms with Crippen LogP contribution in [-0.2, 0) is 0 Å². The van der Waals surface area contributed by atoms with Gasteiger partial charge in [0.25, 0.3) is 0 Å². The molecule has 2 nitrogen and oxygen atoms in total. The summed E-state index contributed by atoms with van der Waals surface area (Å²) in [6.07, 6.45) is 4.08. The smallest absolute Gasteiger partial charge is 0.135 e. The predicted octanol–water partition coefficient (Wildman–Crippen LogP) is 15.0. The predicted molar refractivity (Wildman–Crippen MR) is 229 cm³/mol. The Morgan fingerprint density at radius 3 is 1.46 bits per heavy atom. The van der Waals surface area contributed by atoms with E-state index in [4.69, 9.17) is 8.83 Å². The van der Waals surface area contributed by atoms with E-state index < -0.39 is 0 Å². The largest absolute Gasteiger partial charge is 0.461 e. The molecular formula is C52H36O2. The van der Waals surface area contributed by atoms with Crippen molar-refractivity contribution in [2.24, 2.45) is 0 Å². The molecule has 2 aromatic heterocycles. The van der Waals surface area contributed by atoms with Crippen molar-refractivity contribution in [1.82, 2.24) is 0 Å². The number of hydrogen-bond donors (Lipinski definition) is 0. The molecule has 0 saturated carbocycles. The van der Waals surface area contributed by atoms with E-state index in [0.717, 1.165) is 77.6 Å². The number of rotatable bonds is 6. The van der Waals surface area contributed by atoms with Crippen LogP contribution in [0.3, 0.4) is 0 Å². The Morgan fingerprint density at radius 1 is 0.463 bits per heavy atom. The summed E-state index contributed by atoms with van der Waals surface area (Å²) in [6, 6.07) is 56.5. The zero-order valence-corrected chi connectivity index (χ0v) is 30.2. The summed E-state index contributed by atoms with van der Waals surface area (Å²) < 4.78 is 12.9. The van der Waals surface area contributed by atoms with E-state index in [1.54, 1.807) is 0 Å². The molecule has 0 amide bonds. The second-order valence-corrected chi connectivity index (χ2v) is 13.9. The first-order chi connectivity index (χ1) is 26.6. The van der Waals surface area contributed by atoms with Crippen molar-refractivity contribution in [2.45, 2.75) is 13.8 Å². The molecule has 0 aliphatic heterocycles. The van der Waals surface area contributed by atoms with Gasteiger partial charge in [-0.15, -0.1) is 0 Å². The van der Waals surface area contributed by atoms with Gasteiger partial charge in [-0.1, -0.05) is 146 Å². The maximum absolute atomic E-state index is 6.64. The first kappa shape index (κ1) is 31.8. The first-order valence-electron chi connectivity index (χ1n) is 18.5. The van der Waals surface area contributed by atoms with E-state index in [2.05, 4.69) is 171 Å². The number of benzene rings is 8. The van der Waals surface area contributed by atoms with Gasteiger partial charge >= 0.3 is 0 Å². The lowest BCUT2D eigenvalue weighted by molar-refractivity contribution is 0.549. The van der Waals surface area contributed by atoms with Crippen molar-refractivity contribution in [1.29, 1.82) is 0 Å². The molecule has 2 heteroatoms. The Bertz CT molecular complexity index is 3020. The number of hydrogen-bond acceptors (Lipinski definition) is 2. The average Bonchev–Trinajstić information content (AvgIpc) is 3.82. The van der Waals surface area contributed by atoms with Gasteiger partial charge in [-0.2, -0.15) is 0 Å². The van der Waals surface area contributed by atoms with Crippen molar-refractivity contribution in [3.05, 3.63) is 193 Å². The van der Waals surface area contributed by atoms with E-state index >= 15 is 0 Å². The molecule has 8 aromatic carbocycles. The SMILES string of the molecule is C=Cc1oc2ccc(-c3c4ccccc4c(-c4ccccc4)c4ccccc34)cc2c1/C(=C\C)c1c2ccccc2c(-c2ccc(C)o2)c2ccccc12. The summed E-state index contributed by atoms with van der Waals surface area (Å²) >= 11 is 0. The zero-order chi connectivity index (χ0) is 36.3. The minimum atomic E-state index is 0.753. The molecule has 0 spiro atoms. The molecule has 0 atom stereocenters. The van der Waals surface area contributed by atoms with Gasteiger partial charge in [0.15, 0.2) is 0 Å². The summed E-state index contributed by atoms with van der Waals surface area (Å²) in [5.41, 5.74) is 10.1. The lowest BCUT2D eigenvalue weighted by Gasteiger charge is -2.19. The van der Waals surface area contributed by atoms with Crippen molar-refractivity contribution in [3.63, 3.8) is 0 Å².